The van der Waals surface area contributed by atoms with Gasteiger partial charge in [-0.3, -0.25) is 9.20 Å². The lowest BCUT2D eigenvalue weighted by Crippen LogP contribution is -2.33. The second-order valence-electron chi connectivity index (χ2n) is 10.1. The zero-order chi connectivity index (χ0) is 30.6. The summed E-state index contributed by atoms with van der Waals surface area (Å²) >= 11 is 0. The molecule has 0 spiro atoms. The van der Waals surface area contributed by atoms with Gasteiger partial charge < -0.3 is 30.1 Å². The molecule has 6 rings (SSSR count). The maximum atomic E-state index is 12.9. The van der Waals surface area contributed by atoms with Crippen LogP contribution in [0.4, 0.5) is 22.0 Å². The van der Waals surface area contributed by atoms with Gasteiger partial charge in [0, 0.05) is 35.8 Å². The van der Waals surface area contributed by atoms with Crippen molar-refractivity contribution in [2.45, 2.75) is 32.7 Å². The Labute approximate surface area is 251 Å². The predicted octanol–water partition coefficient (Wildman–Crippen LogP) is 4.95. The van der Waals surface area contributed by atoms with Crippen LogP contribution in [0.2, 0.25) is 0 Å². The first-order chi connectivity index (χ1) is 21.4. The van der Waals surface area contributed by atoms with Crippen LogP contribution in [0.3, 0.4) is 0 Å². The second kappa shape index (κ2) is 12.2. The molecule has 0 radical (unpaired) electrons. The average Bonchev–Trinajstić information content (AvgIpc) is 3.68. The van der Waals surface area contributed by atoms with E-state index in [1.165, 1.54) is 17.3 Å². The molecule has 2 amide bonds. The fourth-order valence-electron chi connectivity index (χ4n) is 5.02. The van der Waals surface area contributed by atoms with E-state index in [4.69, 9.17) is 9.47 Å². The Balaban J connectivity index is 1.22. The van der Waals surface area contributed by atoms with E-state index in [0.29, 0.717) is 65.0 Å². The van der Waals surface area contributed by atoms with Gasteiger partial charge >= 0.3 is 6.09 Å². The van der Waals surface area contributed by atoms with Gasteiger partial charge in [0.05, 0.1) is 23.9 Å². The second-order valence-corrected chi connectivity index (χ2v) is 10.1. The molecule has 0 aliphatic carbocycles. The van der Waals surface area contributed by atoms with Gasteiger partial charge in [-0.2, -0.15) is 0 Å². The molecule has 14 nitrogen and oxygen atoms in total. The van der Waals surface area contributed by atoms with Crippen molar-refractivity contribution < 1.29 is 24.2 Å². The summed E-state index contributed by atoms with van der Waals surface area (Å²) in [5.41, 5.74) is 3.30. The van der Waals surface area contributed by atoms with Crippen LogP contribution in [0.25, 0.3) is 16.6 Å². The maximum absolute atomic E-state index is 12.9. The van der Waals surface area contributed by atoms with Crippen LogP contribution in [-0.4, -0.2) is 70.8 Å². The molecule has 5 aromatic rings. The summed E-state index contributed by atoms with van der Waals surface area (Å²) in [6.07, 6.45) is 8.01. The number of amides is 2. The van der Waals surface area contributed by atoms with Crippen LogP contribution in [0.1, 0.15) is 25.3 Å². The minimum Gasteiger partial charge on any atom is -0.492 e. The summed E-state index contributed by atoms with van der Waals surface area (Å²) in [7, 11) is 0. The third-order valence-electron chi connectivity index (χ3n) is 7.12. The topological polar surface area (TPSA) is 169 Å². The van der Waals surface area contributed by atoms with Gasteiger partial charge in [-0.05, 0) is 56.5 Å². The molecule has 0 unspecified atom stereocenters. The number of rotatable bonds is 9. The fourth-order valence-corrected chi connectivity index (χ4v) is 5.02. The number of likely N-dealkylation sites (tertiary alicyclic amines) is 1. The minimum atomic E-state index is -0.995. The van der Waals surface area contributed by atoms with E-state index >= 15 is 0 Å². The Morgan fingerprint density at radius 2 is 2.00 bits per heavy atom. The number of aromatic nitrogens is 6. The highest BCUT2D eigenvalue weighted by molar-refractivity contribution is 6.03. The number of hydrogen-bond donors (Lipinski definition) is 3. The first-order valence-corrected chi connectivity index (χ1v) is 14.0. The quantitative estimate of drug-likeness (QED) is 0.197. The monoisotopic (exact) mass is 595 g/mol. The van der Waals surface area contributed by atoms with Gasteiger partial charge in [0.15, 0.2) is 5.65 Å². The average molecular weight is 596 g/mol. The number of carbonyl (C=O) groups excluding carboxylic acids is 1. The first-order valence-electron chi connectivity index (χ1n) is 14.0. The number of fused-ring (bicyclic) bond motifs is 2. The molecular weight excluding hydrogens is 566 g/mol. The normalized spacial score (nSPS) is 14.8. The molecule has 1 atom stereocenters. The van der Waals surface area contributed by atoms with E-state index in [2.05, 4.69) is 35.8 Å². The fraction of sp³-hybridized carbons (Fsp3) is 0.233. The molecule has 2 aromatic carbocycles. The summed E-state index contributed by atoms with van der Waals surface area (Å²) in [6.45, 7) is 4.60. The van der Waals surface area contributed by atoms with Crippen LogP contribution in [-0.2, 0) is 4.79 Å². The van der Waals surface area contributed by atoms with Crippen molar-refractivity contribution in [3.05, 3.63) is 73.1 Å². The van der Waals surface area contributed by atoms with Crippen molar-refractivity contribution in [3.8, 4) is 17.4 Å². The smallest absolute Gasteiger partial charge is 0.407 e. The standard InChI is InChI=1S/C30H29N9O5/c1-3-43-25-13-22-21(12-23(25)36-27(40)9-7-20-5-4-10-39(20)30(41)42)29(32-15-31-22)35-19-6-8-24(18(2)11-19)44-28-14-26-37-34-17-38(26)16-33-28/h6-9,11-17,20H,3-5,10H2,1-2H3,(H,36,40)(H,41,42)(H,31,32,35)/b9-7+/t20-/m1/s1. The van der Waals surface area contributed by atoms with Gasteiger partial charge in [0.2, 0.25) is 11.8 Å². The van der Waals surface area contributed by atoms with E-state index < -0.39 is 12.0 Å². The van der Waals surface area contributed by atoms with Crippen LogP contribution in [0.15, 0.2) is 67.5 Å². The molecule has 1 aliphatic rings. The van der Waals surface area contributed by atoms with Crippen molar-refractivity contribution in [1.29, 1.82) is 0 Å². The van der Waals surface area contributed by atoms with Crippen LogP contribution in [0.5, 0.6) is 17.4 Å². The molecule has 1 saturated heterocycles. The Kier molecular flexibility index (Phi) is 7.86. The lowest BCUT2D eigenvalue weighted by molar-refractivity contribution is -0.112. The number of anilines is 3. The summed E-state index contributed by atoms with van der Waals surface area (Å²) in [4.78, 5) is 38.8. The molecular formula is C30H29N9O5. The number of benzene rings is 2. The molecule has 3 N–H and O–H groups in total. The highest BCUT2D eigenvalue weighted by atomic mass is 16.5. The SMILES string of the molecule is CCOc1cc2ncnc(Nc3ccc(Oc4cc5nncn5cn4)c(C)c3)c2cc1NC(=O)/C=C/[C@H]1CCCN1C(=O)O. The summed E-state index contributed by atoms with van der Waals surface area (Å²) < 4.78 is 13.5. The number of nitrogens with zero attached hydrogens (tertiary/aromatic N) is 7. The zero-order valence-corrected chi connectivity index (χ0v) is 24.0. The molecule has 3 aromatic heterocycles. The number of hydrogen-bond acceptors (Lipinski definition) is 10. The van der Waals surface area contributed by atoms with Crippen molar-refractivity contribution >= 4 is 45.7 Å². The van der Waals surface area contributed by atoms with E-state index in [1.54, 1.807) is 41.3 Å². The van der Waals surface area contributed by atoms with Crippen molar-refractivity contribution in [1.82, 2.24) is 34.4 Å². The summed E-state index contributed by atoms with van der Waals surface area (Å²) in [5, 5.41) is 24.1. The molecule has 1 aliphatic heterocycles. The number of aryl methyl sites for hydroxylation is 1. The molecule has 4 heterocycles. The van der Waals surface area contributed by atoms with Gasteiger partial charge in [0.1, 0.15) is 36.3 Å². The predicted molar refractivity (Wildman–Crippen MR) is 162 cm³/mol. The lowest BCUT2D eigenvalue weighted by atomic mass is 10.1. The molecule has 0 saturated carbocycles. The number of carboxylic acid groups (broad SMARTS) is 1. The van der Waals surface area contributed by atoms with Gasteiger partial charge in [-0.15, -0.1) is 10.2 Å². The highest BCUT2D eigenvalue weighted by Gasteiger charge is 2.26. The van der Waals surface area contributed by atoms with Gasteiger partial charge in [-0.25, -0.2) is 19.7 Å². The minimum absolute atomic E-state index is 0.334. The molecule has 1 fully saturated rings. The van der Waals surface area contributed by atoms with Gasteiger partial charge in [-0.1, -0.05) is 6.08 Å². The molecule has 44 heavy (non-hydrogen) atoms. The lowest BCUT2D eigenvalue weighted by Gasteiger charge is -2.18. The third kappa shape index (κ3) is 6.04. The van der Waals surface area contributed by atoms with E-state index in [0.717, 1.165) is 17.7 Å². The highest BCUT2D eigenvalue weighted by Crippen LogP contribution is 2.34. The summed E-state index contributed by atoms with van der Waals surface area (Å²) in [5.74, 6) is 1.60. The summed E-state index contributed by atoms with van der Waals surface area (Å²) in [6, 6.07) is 10.5. The van der Waals surface area contributed by atoms with Crippen LogP contribution < -0.4 is 20.1 Å². The van der Waals surface area contributed by atoms with Crippen molar-refractivity contribution in [2.75, 3.05) is 23.8 Å². The first kappa shape index (κ1) is 28.3. The van der Waals surface area contributed by atoms with E-state index in [1.807, 2.05) is 32.0 Å². The van der Waals surface area contributed by atoms with Crippen LogP contribution >= 0.6 is 0 Å². The zero-order valence-electron chi connectivity index (χ0n) is 24.0. The van der Waals surface area contributed by atoms with Gasteiger partial charge in [0.25, 0.3) is 0 Å². The molecule has 0 bridgehead atoms. The maximum Gasteiger partial charge on any atom is 0.407 e. The Bertz CT molecular complexity index is 1890. The third-order valence-corrected chi connectivity index (χ3v) is 7.12. The number of ether oxygens (including phenoxy) is 2. The molecule has 224 valence electrons. The van der Waals surface area contributed by atoms with Crippen molar-refractivity contribution in [3.63, 3.8) is 0 Å². The number of nitrogens with one attached hydrogen (secondary N) is 2. The Morgan fingerprint density at radius 1 is 1.11 bits per heavy atom. The van der Waals surface area contributed by atoms with Crippen LogP contribution in [0, 0.1) is 6.92 Å². The van der Waals surface area contributed by atoms with E-state index in [9.17, 15) is 14.7 Å². The Hall–Kier alpha value is -5.79. The Morgan fingerprint density at radius 3 is 2.82 bits per heavy atom. The van der Waals surface area contributed by atoms with Crippen molar-refractivity contribution in [2.24, 2.45) is 0 Å². The number of carbonyl (C=O) groups is 2. The van der Waals surface area contributed by atoms with E-state index in [-0.39, 0.29) is 6.04 Å². The largest absolute Gasteiger partial charge is 0.492 e. The molecule has 14 heteroatoms.